The fourth-order valence-electron chi connectivity index (χ4n) is 3.82. The molecular weight excluding hydrogens is 268 g/mol. The van der Waals surface area contributed by atoms with Crippen molar-refractivity contribution in [1.29, 1.82) is 0 Å². The number of carbonyl (C=O) groups is 2. The molecule has 2 aliphatic carbocycles. The number of carboxylic acid groups (broad SMARTS) is 1. The Bertz CT molecular complexity index is 417. The SMILES string of the molecule is CC1(C)C(CNC(=O)NC2CCCC(C(=O)O)C2)C1(C)C. The first-order chi connectivity index (χ1) is 9.66. The predicted octanol–water partition coefficient (Wildman–Crippen LogP) is 2.61. The maximum atomic E-state index is 12.0. The van der Waals surface area contributed by atoms with Crippen molar-refractivity contribution in [2.45, 2.75) is 59.4 Å². The molecule has 0 aliphatic heterocycles. The molecule has 2 atom stereocenters. The van der Waals surface area contributed by atoms with Crippen LogP contribution < -0.4 is 10.6 Å². The van der Waals surface area contributed by atoms with Crippen LogP contribution in [-0.4, -0.2) is 29.7 Å². The van der Waals surface area contributed by atoms with Gasteiger partial charge in [-0.1, -0.05) is 34.1 Å². The van der Waals surface area contributed by atoms with E-state index in [1.54, 1.807) is 0 Å². The molecule has 2 saturated carbocycles. The molecule has 2 fully saturated rings. The molecule has 3 N–H and O–H groups in total. The number of amides is 2. The second-order valence-corrected chi connectivity index (χ2v) is 7.75. The van der Waals surface area contributed by atoms with Crippen LogP contribution in [-0.2, 0) is 4.79 Å². The highest BCUT2D eigenvalue weighted by Gasteiger charge is 2.64. The largest absolute Gasteiger partial charge is 0.481 e. The zero-order valence-corrected chi connectivity index (χ0v) is 13.5. The molecule has 0 aromatic carbocycles. The topological polar surface area (TPSA) is 78.4 Å². The first-order valence-electron chi connectivity index (χ1n) is 7.93. The predicted molar refractivity (Wildman–Crippen MR) is 81.0 cm³/mol. The average molecular weight is 296 g/mol. The van der Waals surface area contributed by atoms with E-state index in [0.29, 0.717) is 18.9 Å². The van der Waals surface area contributed by atoms with E-state index in [0.717, 1.165) is 19.3 Å². The summed E-state index contributed by atoms with van der Waals surface area (Å²) in [4.78, 5) is 23.0. The van der Waals surface area contributed by atoms with Crippen molar-refractivity contribution in [1.82, 2.24) is 10.6 Å². The number of nitrogens with one attached hydrogen (secondary N) is 2. The number of aliphatic carboxylic acids is 1. The van der Waals surface area contributed by atoms with Crippen molar-refractivity contribution in [2.24, 2.45) is 22.7 Å². The number of rotatable bonds is 4. The number of hydrogen-bond donors (Lipinski definition) is 3. The zero-order chi connectivity index (χ0) is 15.8. The summed E-state index contributed by atoms with van der Waals surface area (Å²) in [6.07, 6.45) is 3.00. The third-order valence-electron chi connectivity index (χ3n) is 6.15. The summed E-state index contributed by atoms with van der Waals surface area (Å²) in [6, 6.07) is -0.176. The number of urea groups is 1. The summed E-state index contributed by atoms with van der Waals surface area (Å²) < 4.78 is 0. The molecule has 0 spiro atoms. The van der Waals surface area contributed by atoms with Gasteiger partial charge in [0.25, 0.3) is 0 Å². The van der Waals surface area contributed by atoms with Crippen LogP contribution in [0.2, 0.25) is 0 Å². The van der Waals surface area contributed by atoms with Gasteiger partial charge >= 0.3 is 12.0 Å². The lowest BCUT2D eigenvalue weighted by molar-refractivity contribution is -0.143. The molecular formula is C16H28N2O3. The summed E-state index contributed by atoms with van der Waals surface area (Å²) in [5.74, 6) is -0.567. The van der Waals surface area contributed by atoms with Gasteiger partial charge in [-0.3, -0.25) is 4.79 Å². The maximum absolute atomic E-state index is 12.0. The molecule has 0 saturated heterocycles. The van der Waals surface area contributed by atoms with Crippen molar-refractivity contribution in [2.75, 3.05) is 6.54 Å². The van der Waals surface area contributed by atoms with Crippen molar-refractivity contribution in [3.8, 4) is 0 Å². The minimum absolute atomic E-state index is 0.0138. The van der Waals surface area contributed by atoms with Crippen molar-refractivity contribution in [3.63, 3.8) is 0 Å². The standard InChI is InChI=1S/C16H28N2O3/c1-15(2)12(16(15,3)4)9-17-14(21)18-11-7-5-6-10(8-11)13(19)20/h10-12H,5-9H2,1-4H3,(H,19,20)(H2,17,18,21). The monoisotopic (exact) mass is 296 g/mol. The van der Waals surface area contributed by atoms with Crippen LogP contribution in [0.25, 0.3) is 0 Å². The van der Waals surface area contributed by atoms with E-state index < -0.39 is 5.97 Å². The van der Waals surface area contributed by atoms with E-state index in [9.17, 15) is 9.59 Å². The molecule has 0 radical (unpaired) electrons. The lowest BCUT2D eigenvalue weighted by Crippen LogP contribution is -2.45. The van der Waals surface area contributed by atoms with Crippen molar-refractivity contribution in [3.05, 3.63) is 0 Å². The first kappa shape index (κ1) is 16.1. The minimum atomic E-state index is -0.747. The molecule has 5 nitrogen and oxygen atoms in total. The molecule has 120 valence electrons. The van der Waals surface area contributed by atoms with Crippen LogP contribution in [0.4, 0.5) is 4.79 Å². The Balaban J connectivity index is 1.74. The smallest absolute Gasteiger partial charge is 0.315 e. The van der Waals surface area contributed by atoms with E-state index >= 15 is 0 Å². The lowest BCUT2D eigenvalue weighted by Gasteiger charge is -2.27. The van der Waals surface area contributed by atoms with Gasteiger partial charge in [0, 0.05) is 12.6 Å². The highest BCUT2D eigenvalue weighted by atomic mass is 16.4. The van der Waals surface area contributed by atoms with Gasteiger partial charge in [0.15, 0.2) is 0 Å². The van der Waals surface area contributed by atoms with Gasteiger partial charge in [-0.25, -0.2) is 4.79 Å². The van der Waals surface area contributed by atoms with E-state index in [2.05, 4.69) is 38.3 Å². The first-order valence-corrected chi connectivity index (χ1v) is 7.93. The number of carbonyl (C=O) groups excluding carboxylic acids is 1. The third-order valence-corrected chi connectivity index (χ3v) is 6.15. The van der Waals surface area contributed by atoms with Gasteiger partial charge in [0.05, 0.1) is 5.92 Å². The fourth-order valence-corrected chi connectivity index (χ4v) is 3.82. The highest BCUT2D eigenvalue weighted by Crippen LogP contribution is 2.67. The molecule has 5 heteroatoms. The van der Waals surface area contributed by atoms with Gasteiger partial charge in [-0.15, -0.1) is 0 Å². The molecule has 0 aromatic rings. The molecule has 21 heavy (non-hydrogen) atoms. The van der Waals surface area contributed by atoms with Crippen LogP contribution in [0.3, 0.4) is 0 Å². The molecule has 0 heterocycles. The minimum Gasteiger partial charge on any atom is -0.481 e. The Morgan fingerprint density at radius 1 is 1.14 bits per heavy atom. The Hall–Kier alpha value is -1.26. The van der Waals surface area contributed by atoms with Gasteiger partial charge in [-0.05, 0) is 36.0 Å². The summed E-state index contributed by atoms with van der Waals surface area (Å²) in [6.45, 7) is 9.61. The number of carboxylic acids is 1. The molecule has 2 unspecified atom stereocenters. The lowest BCUT2D eigenvalue weighted by atomic mass is 9.86. The van der Waals surface area contributed by atoms with Crippen LogP contribution >= 0.6 is 0 Å². The van der Waals surface area contributed by atoms with Crippen LogP contribution in [0.5, 0.6) is 0 Å². The van der Waals surface area contributed by atoms with E-state index in [-0.39, 0.29) is 28.8 Å². The highest BCUT2D eigenvalue weighted by molar-refractivity contribution is 5.74. The summed E-state index contributed by atoms with van der Waals surface area (Å²) in [7, 11) is 0. The van der Waals surface area contributed by atoms with Crippen molar-refractivity contribution < 1.29 is 14.7 Å². The quantitative estimate of drug-likeness (QED) is 0.746. The van der Waals surface area contributed by atoms with E-state index in [1.807, 2.05) is 0 Å². The summed E-state index contributed by atoms with van der Waals surface area (Å²) >= 11 is 0. The molecule has 0 aromatic heterocycles. The van der Waals surface area contributed by atoms with Crippen molar-refractivity contribution >= 4 is 12.0 Å². The Labute approximate surface area is 126 Å². The Morgan fingerprint density at radius 2 is 1.76 bits per heavy atom. The fraction of sp³-hybridized carbons (Fsp3) is 0.875. The van der Waals surface area contributed by atoms with Gasteiger partial charge in [-0.2, -0.15) is 0 Å². The summed E-state index contributed by atoms with van der Waals surface area (Å²) in [5, 5.41) is 14.9. The second kappa shape index (κ2) is 5.50. The maximum Gasteiger partial charge on any atom is 0.315 e. The molecule has 2 amide bonds. The van der Waals surface area contributed by atoms with Crippen LogP contribution in [0.1, 0.15) is 53.4 Å². The summed E-state index contributed by atoms with van der Waals surface area (Å²) in [5.41, 5.74) is 0.527. The van der Waals surface area contributed by atoms with Gasteiger partial charge < -0.3 is 15.7 Å². The number of hydrogen-bond acceptors (Lipinski definition) is 2. The third kappa shape index (κ3) is 3.16. The Morgan fingerprint density at radius 3 is 2.29 bits per heavy atom. The second-order valence-electron chi connectivity index (χ2n) is 7.75. The Kier molecular flexibility index (Phi) is 4.22. The normalized spacial score (nSPS) is 30.5. The van der Waals surface area contributed by atoms with Crippen LogP contribution in [0.15, 0.2) is 0 Å². The molecule has 0 bridgehead atoms. The molecule has 2 aliphatic rings. The molecule has 2 rings (SSSR count). The average Bonchev–Trinajstić information content (AvgIpc) is 2.77. The zero-order valence-electron chi connectivity index (χ0n) is 13.5. The van der Waals surface area contributed by atoms with Crippen LogP contribution in [0, 0.1) is 22.7 Å². The van der Waals surface area contributed by atoms with Gasteiger partial charge in [0.1, 0.15) is 0 Å². The van der Waals surface area contributed by atoms with E-state index in [1.165, 1.54) is 0 Å². The van der Waals surface area contributed by atoms with E-state index in [4.69, 9.17) is 5.11 Å². The van der Waals surface area contributed by atoms with Gasteiger partial charge in [0.2, 0.25) is 0 Å².